The van der Waals surface area contributed by atoms with Gasteiger partial charge in [0, 0.05) is 10.4 Å². The number of benzene rings is 2. The minimum absolute atomic E-state index is 0.299. The summed E-state index contributed by atoms with van der Waals surface area (Å²) in [5, 5.41) is 5.28. The van der Waals surface area contributed by atoms with Crippen molar-refractivity contribution in [1.29, 1.82) is 0 Å². The minimum atomic E-state index is 0.299. The number of aryl methyl sites for hydroxylation is 2. The van der Waals surface area contributed by atoms with Crippen LogP contribution < -0.4 is 5.32 Å². The summed E-state index contributed by atoms with van der Waals surface area (Å²) in [5.41, 5.74) is 3.72. The second kappa shape index (κ2) is 5.25. The molecule has 0 saturated carbocycles. The highest BCUT2D eigenvalue weighted by Crippen LogP contribution is 2.35. The zero-order valence-corrected chi connectivity index (χ0v) is 13.1. The van der Waals surface area contributed by atoms with Gasteiger partial charge in [0.25, 0.3) is 0 Å². The molecule has 4 heteroatoms. The molecule has 0 aliphatic heterocycles. The summed E-state index contributed by atoms with van der Waals surface area (Å²) < 4.78 is 0. The van der Waals surface area contributed by atoms with Crippen molar-refractivity contribution in [2.24, 2.45) is 0 Å². The highest BCUT2D eigenvalue weighted by atomic mass is 35.5. The van der Waals surface area contributed by atoms with Gasteiger partial charge in [-0.25, -0.2) is 9.97 Å². The van der Waals surface area contributed by atoms with Gasteiger partial charge >= 0.3 is 0 Å². The van der Waals surface area contributed by atoms with Crippen LogP contribution in [0.1, 0.15) is 29.4 Å². The van der Waals surface area contributed by atoms with Crippen LogP contribution in [0.15, 0.2) is 42.5 Å². The number of anilines is 1. The summed E-state index contributed by atoms with van der Waals surface area (Å²) in [4.78, 5) is 9.08. The van der Waals surface area contributed by atoms with Crippen LogP contribution in [0.25, 0.3) is 10.9 Å². The van der Waals surface area contributed by atoms with Crippen molar-refractivity contribution in [2.75, 3.05) is 5.32 Å². The summed E-state index contributed by atoms with van der Waals surface area (Å²) in [6, 6.07) is 14.6. The lowest BCUT2D eigenvalue weighted by molar-refractivity contribution is 0.757. The first-order valence-electron chi connectivity index (χ1n) is 7.49. The Hall–Kier alpha value is -2.13. The Bertz CT molecular complexity index is 860. The number of nitrogens with one attached hydrogen (secondary N) is 1. The molecule has 1 N–H and O–H groups in total. The zero-order valence-electron chi connectivity index (χ0n) is 12.3. The molecule has 0 bridgehead atoms. The molecule has 110 valence electrons. The third-order valence-electron chi connectivity index (χ3n) is 4.21. The Labute approximate surface area is 134 Å². The van der Waals surface area contributed by atoms with E-state index < -0.39 is 0 Å². The van der Waals surface area contributed by atoms with Crippen LogP contribution in [0.4, 0.5) is 5.82 Å². The van der Waals surface area contributed by atoms with Crippen molar-refractivity contribution >= 4 is 28.3 Å². The van der Waals surface area contributed by atoms with E-state index in [-0.39, 0.29) is 0 Å². The maximum atomic E-state index is 6.14. The summed E-state index contributed by atoms with van der Waals surface area (Å²) in [5.74, 6) is 1.63. The van der Waals surface area contributed by atoms with Crippen LogP contribution in [0.5, 0.6) is 0 Å². The minimum Gasteiger partial charge on any atom is -0.363 e. The molecule has 3 aromatic rings. The van der Waals surface area contributed by atoms with Crippen LogP contribution in [0.3, 0.4) is 0 Å². The van der Waals surface area contributed by atoms with Crippen LogP contribution >= 0.6 is 11.6 Å². The highest BCUT2D eigenvalue weighted by molar-refractivity contribution is 6.31. The molecule has 1 aliphatic carbocycles. The van der Waals surface area contributed by atoms with Gasteiger partial charge in [0.05, 0.1) is 11.6 Å². The normalized spacial score (nSPS) is 16.7. The van der Waals surface area contributed by atoms with E-state index in [2.05, 4.69) is 39.6 Å². The first kappa shape index (κ1) is 13.5. The van der Waals surface area contributed by atoms with Crippen molar-refractivity contribution in [1.82, 2.24) is 9.97 Å². The van der Waals surface area contributed by atoms with Gasteiger partial charge in [0.2, 0.25) is 0 Å². The van der Waals surface area contributed by atoms with E-state index in [0.717, 1.165) is 35.4 Å². The van der Waals surface area contributed by atoms with Gasteiger partial charge in [-0.2, -0.15) is 0 Å². The lowest BCUT2D eigenvalue weighted by Gasteiger charge is -2.17. The van der Waals surface area contributed by atoms with E-state index in [1.54, 1.807) is 0 Å². The largest absolute Gasteiger partial charge is 0.363 e. The van der Waals surface area contributed by atoms with E-state index >= 15 is 0 Å². The molecule has 0 spiro atoms. The SMILES string of the molecule is Cc1nc(N[C@@H]2CCc3ccccc32)c2cc(Cl)ccc2n1. The Morgan fingerprint density at radius 2 is 2.00 bits per heavy atom. The first-order chi connectivity index (χ1) is 10.7. The third kappa shape index (κ3) is 2.32. The van der Waals surface area contributed by atoms with Crippen LogP contribution in [-0.2, 0) is 6.42 Å². The number of halogens is 1. The van der Waals surface area contributed by atoms with Crippen molar-refractivity contribution in [3.8, 4) is 0 Å². The summed E-state index contributed by atoms with van der Waals surface area (Å²) in [6.07, 6.45) is 2.20. The van der Waals surface area contributed by atoms with Crippen molar-refractivity contribution in [3.05, 3.63) is 64.4 Å². The highest BCUT2D eigenvalue weighted by Gasteiger charge is 2.22. The predicted octanol–water partition coefficient (Wildman–Crippen LogP) is 4.69. The number of rotatable bonds is 2. The fraction of sp³-hybridized carbons (Fsp3) is 0.222. The van der Waals surface area contributed by atoms with Crippen molar-refractivity contribution in [3.63, 3.8) is 0 Å². The summed E-state index contributed by atoms with van der Waals surface area (Å²) in [6.45, 7) is 1.92. The van der Waals surface area contributed by atoms with Gasteiger partial charge in [0.1, 0.15) is 11.6 Å². The molecule has 0 fully saturated rings. The van der Waals surface area contributed by atoms with E-state index in [0.29, 0.717) is 11.1 Å². The number of fused-ring (bicyclic) bond motifs is 2. The second-order valence-electron chi connectivity index (χ2n) is 5.72. The summed E-state index contributed by atoms with van der Waals surface area (Å²) in [7, 11) is 0. The maximum absolute atomic E-state index is 6.14. The molecule has 4 rings (SSSR count). The fourth-order valence-electron chi connectivity index (χ4n) is 3.20. The first-order valence-corrected chi connectivity index (χ1v) is 7.87. The van der Waals surface area contributed by atoms with Crippen LogP contribution in [0, 0.1) is 6.92 Å². The molecule has 22 heavy (non-hydrogen) atoms. The van der Waals surface area contributed by atoms with E-state index in [1.807, 2.05) is 25.1 Å². The lowest BCUT2D eigenvalue weighted by atomic mass is 10.1. The standard InChI is InChI=1S/C18H16ClN3/c1-11-20-17-9-7-13(19)10-15(17)18(21-11)22-16-8-6-12-4-2-3-5-14(12)16/h2-5,7,9-10,16H,6,8H2,1H3,(H,20,21,22)/t16-/m1/s1. The molecular formula is C18H16ClN3. The Morgan fingerprint density at radius 3 is 2.91 bits per heavy atom. The van der Waals surface area contributed by atoms with Crippen LogP contribution in [0.2, 0.25) is 5.02 Å². The Kier molecular flexibility index (Phi) is 3.23. The molecule has 1 aliphatic rings. The van der Waals surface area contributed by atoms with Gasteiger partial charge in [-0.3, -0.25) is 0 Å². The fourth-order valence-corrected chi connectivity index (χ4v) is 3.37. The van der Waals surface area contributed by atoms with Gasteiger partial charge in [-0.15, -0.1) is 0 Å². The number of aromatic nitrogens is 2. The van der Waals surface area contributed by atoms with E-state index in [4.69, 9.17) is 11.6 Å². The molecule has 0 saturated heterocycles. The van der Waals surface area contributed by atoms with Gasteiger partial charge in [-0.1, -0.05) is 35.9 Å². The smallest absolute Gasteiger partial charge is 0.138 e. The van der Waals surface area contributed by atoms with E-state index in [1.165, 1.54) is 11.1 Å². The number of hydrogen-bond donors (Lipinski definition) is 1. The Morgan fingerprint density at radius 1 is 1.14 bits per heavy atom. The lowest BCUT2D eigenvalue weighted by Crippen LogP contribution is -2.10. The average Bonchev–Trinajstić information content (AvgIpc) is 2.91. The maximum Gasteiger partial charge on any atom is 0.138 e. The molecule has 0 unspecified atom stereocenters. The zero-order chi connectivity index (χ0) is 15.1. The molecule has 0 amide bonds. The predicted molar refractivity (Wildman–Crippen MR) is 90.4 cm³/mol. The monoisotopic (exact) mass is 309 g/mol. The average molecular weight is 310 g/mol. The number of hydrogen-bond acceptors (Lipinski definition) is 3. The molecule has 1 aromatic heterocycles. The molecular weight excluding hydrogens is 294 g/mol. The van der Waals surface area contributed by atoms with Crippen molar-refractivity contribution < 1.29 is 0 Å². The topological polar surface area (TPSA) is 37.8 Å². The van der Waals surface area contributed by atoms with Gasteiger partial charge in [-0.05, 0) is 49.1 Å². The number of nitrogens with zero attached hydrogens (tertiary/aromatic N) is 2. The summed E-state index contributed by atoms with van der Waals surface area (Å²) >= 11 is 6.14. The van der Waals surface area contributed by atoms with E-state index in [9.17, 15) is 0 Å². The molecule has 2 aromatic carbocycles. The van der Waals surface area contributed by atoms with Gasteiger partial charge in [0.15, 0.2) is 0 Å². The quantitative estimate of drug-likeness (QED) is 0.746. The third-order valence-corrected chi connectivity index (χ3v) is 4.45. The molecule has 1 heterocycles. The molecule has 1 atom stereocenters. The molecule has 0 radical (unpaired) electrons. The van der Waals surface area contributed by atoms with Gasteiger partial charge < -0.3 is 5.32 Å². The second-order valence-corrected chi connectivity index (χ2v) is 6.15. The van der Waals surface area contributed by atoms with Crippen LogP contribution in [-0.4, -0.2) is 9.97 Å². The Balaban J connectivity index is 1.77. The molecule has 3 nitrogen and oxygen atoms in total. The van der Waals surface area contributed by atoms with Crippen molar-refractivity contribution in [2.45, 2.75) is 25.8 Å².